The molecule has 110 valence electrons. The van der Waals surface area contributed by atoms with E-state index in [0.717, 1.165) is 31.2 Å². The fourth-order valence-electron chi connectivity index (χ4n) is 2.73. The molecule has 0 bridgehead atoms. The maximum absolute atomic E-state index is 13.7. The first-order chi connectivity index (χ1) is 9.61. The fraction of sp³-hybridized carbons (Fsp3) is 0.562. The summed E-state index contributed by atoms with van der Waals surface area (Å²) in [5, 5.41) is 2.98. The highest BCUT2D eigenvalue weighted by Gasteiger charge is 2.22. The second-order valence-corrected chi connectivity index (χ2v) is 5.46. The quantitative estimate of drug-likeness (QED) is 0.914. The van der Waals surface area contributed by atoms with E-state index in [4.69, 9.17) is 4.74 Å². The predicted octanol–water partition coefficient (Wildman–Crippen LogP) is 3.59. The first kappa shape index (κ1) is 14.8. The zero-order valence-corrected chi connectivity index (χ0v) is 12.1. The first-order valence-corrected chi connectivity index (χ1v) is 7.25. The molecule has 1 amide bonds. The highest BCUT2D eigenvalue weighted by atomic mass is 19.1. The lowest BCUT2D eigenvalue weighted by Gasteiger charge is -2.23. The molecule has 1 aliphatic rings. The van der Waals surface area contributed by atoms with E-state index in [1.807, 2.05) is 6.92 Å². The van der Waals surface area contributed by atoms with Crippen molar-refractivity contribution in [3.05, 3.63) is 29.6 Å². The van der Waals surface area contributed by atoms with Crippen LogP contribution in [0.15, 0.2) is 18.2 Å². The topological polar surface area (TPSA) is 38.3 Å². The SMILES string of the molecule is COc1ccc([C@@H](C)NC(=O)C2CCCCC2)cc1F. The van der Waals surface area contributed by atoms with Gasteiger partial charge < -0.3 is 10.1 Å². The van der Waals surface area contributed by atoms with Crippen LogP contribution < -0.4 is 10.1 Å². The lowest BCUT2D eigenvalue weighted by molar-refractivity contribution is -0.126. The molecule has 0 aliphatic heterocycles. The van der Waals surface area contributed by atoms with Crippen LogP contribution in [0.2, 0.25) is 0 Å². The van der Waals surface area contributed by atoms with Crippen molar-refractivity contribution in [3.63, 3.8) is 0 Å². The molecule has 0 spiro atoms. The number of ether oxygens (including phenoxy) is 1. The van der Waals surface area contributed by atoms with Crippen molar-refractivity contribution in [1.29, 1.82) is 0 Å². The van der Waals surface area contributed by atoms with Gasteiger partial charge in [0, 0.05) is 5.92 Å². The number of rotatable bonds is 4. The summed E-state index contributed by atoms with van der Waals surface area (Å²) >= 11 is 0. The lowest BCUT2D eigenvalue weighted by Crippen LogP contribution is -2.33. The van der Waals surface area contributed by atoms with Gasteiger partial charge in [-0.05, 0) is 37.5 Å². The summed E-state index contributed by atoms with van der Waals surface area (Å²) < 4.78 is 18.6. The van der Waals surface area contributed by atoms with E-state index < -0.39 is 5.82 Å². The van der Waals surface area contributed by atoms with Crippen LogP contribution in [0.25, 0.3) is 0 Å². The molecule has 0 unspecified atom stereocenters. The minimum Gasteiger partial charge on any atom is -0.494 e. The fourth-order valence-corrected chi connectivity index (χ4v) is 2.73. The molecule has 1 atom stereocenters. The van der Waals surface area contributed by atoms with Gasteiger partial charge in [-0.3, -0.25) is 4.79 Å². The van der Waals surface area contributed by atoms with Crippen molar-refractivity contribution in [1.82, 2.24) is 5.32 Å². The van der Waals surface area contributed by atoms with Crippen LogP contribution in [0.5, 0.6) is 5.75 Å². The number of hydrogen-bond donors (Lipinski definition) is 1. The van der Waals surface area contributed by atoms with Crippen molar-refractivity contribution < 1.29 is 13.9 Å². The van der Waals surface area contributed by atoms with E-state index in [-0.39, 0.29) is 23.6 Å². The van der Waals surface area contributed by atoms with E-state index >= 15 is 0 Å². The van der Waals surface area contributed by atoms with Gasteiger partial charge >= 0.3 is 0 Å². The summed E-state index contributed by atoms with van der Waals surface area (Å²) in [6, 6.07) is 4.61. The molecular weight excluding hydrogens is 257 g/mol. The molecule has 1 aromatic carbocycles. The average molecular weight is 279 g/mol. The molecule has 4 heteroatoms. The molecule has 1 N–H and O–H groups in total. The third-order valence-corrected chi connectivity index (χ3v) is 4.01. The Morgan fingerprint density at radius 2 is 2.05 bits per heavy atom. The number of benzene rings is 1. The van der Waals surface area contributed by atoms with Crippen LogP contribution in [0.4, 0.5) is 4.39 Å². The Kier molecular flexibility index (Phi) is 4.99. The molecular formula is C16H22FNO2. The van der Waals surface area contributed by atoms with Gasteiger partial charge in [-0.2, -0.15) is 0 Å². The molecule has 1 saturated carbocycles. The molecule has 0 aromatic heterocycles. The molecule has 1 aromatic rings. The molecule has 1 aliphatic carbocycles. The molecule has 3 nitrogen and oxygen atoms in total. The van der Waals surface area contributed by atoms with E-state index in [1.54, 1.807) is 12.1 Å². The van der Waals surface area contributed by atoms with Crippen molar-refractivity contribution in [2.24, 2.45) is 5.92 Å². The van der Waals surface area contributed by atoms with Gasteiger partial charge in [0.25, 0.3) is 0 Å². The zero-order valence-electron chi connectivity index (χ0n) is 12.1. The summed E-state index contributed by atoms with van der Waals surface area (Å²) in [6.07, 6.45) is 5.42. The number of hydrogen-bond acceptors (Lipinski definition) is 2. The molecule has 20 heavy (non-hydrogen) atoms. The van der Waals surface area contributed by atoms with Crippen LogP contribution in [-0.2, 0) is 4.79 Å². The van der Waals surface area contributed by atoms with Crippen LogP contribution in [0.1, 0.15) is 50.6 Å². The largest absolute Gasteiger partial charge is 0.494 e. The smallest absolute Gasteiger partial charge is 0.223 e. The van der Waals surface area contributed by atoms with E-state index in [0.29, 0.717) is 0 Å². The number of carbonyl (C=O) groups is 1. The van der Waals surface area contributed by atoms with E-state index in [2.05, 4.69) is 5.32 Å². The maximum Gasteiger partial charge on any atom is 0.223 e. The van der Waals surface area contributed by atoms with Gasteiger partial charge in [0.05, 0.1) is 13.2 Å². The first-order valence-electron chi connectivity index (χ1n) is 7.25. The molecule has 0 saturated heterocycles. The summed E-state index contributed by atoms with van der Waals surface area (Å²) in [4.78, 5) is 12.2. The third-order valence-electron chi connectivity index (χ3n) is 4.01. The van der Waals surface area contributed by atoms with Crippen molar-refractivity contribution >= 4 is 5.91 Å². The van der Waals surface area contributed by atoms with Crippen LogP contribution in [0, 0.1) is 11.7 Å². The van der Waals surface area contributed by atoms with Crippen LogP contribution >= 0.6 is 0 Å². The standard InChI is InChI=1S/C16H22FNO2/c1-11(13-8-9-15(20-2)14(17)10-13)18-16(19)12-6-4-3-5-7-12/h8-12H,3-7H2,1-2H3,(H,18,19)/t11-/m1/s1. The molecule has 1 fully saturated rings. The molecule has 0 heterocycles. The minimum atomic E-state index is -0.399. The Bertz CT molecular complexity index is 470. The van der Waals surface area contributed by atoms with Gasteiger partial charge in [0.1, 0.15) is 0 Å². The molecule has 0 radical (unpaired) electrons. The van der Waals surface area contributed by atoms with Crippen molar-refractivity contribution in [2.45, 2.75) is 45.1 Å². The molecule has 2 rings (SSSR count). The normalized spacial score (nSPS) is 17.6. The van der Waals surface area contributed by atoms with Gasteiger partial charge in [-0.1, -0.05) is 25.3 Å². The lowest BCUT2D eigenvalue weighted by atomic mass is 9.88. The van der Waals surface area contributed by atoms with Gasteiger partial charge in [0.15, 0.2) is 11.6 Å². The highest BCUT2D eigenvalue weighted by Crippen LogP contribution is 2.26. The maximum atomic E-state index is 13.7. The summed E-state index contributed by atoms with van der Waals surface area (Å²) in [5.41, 5.74) is 0.757. The highest BCUT2D eigenvalue weighted by molar-refractivity contribution is 5.79. The van der Waals surface area contributed by atoms with Crippen LogP contribution in [-0.4, -0.2) is 13.0 Å². The van der Waals surface area contributed by atoms with E-state index in [9.17, 15) is 9.18 Å². The Balaban J connectivity index is 1.98. The third kappa shape index (κ3) is 3.50. The van der Waals surface area contributed by atoms with Gasteiger partial charge in [-0.15, -0.1) is 0 Å². The summed E-state index contributed by atoms with van der Waals surface area (Å²) in [7, 11) is 1.44. The number of halogens is 1. The van der Waals surface area contributed by atoms with Gasteiger partial charge in [-0.25, -0.2) is 4.39 Å². The van der Waals surface area contributed by atoms with Crippen molar-refractivity contribution in [3.8, 4) is 5.75 Å². The Morgan fingerprint density at radius 3 is 2.65 bits per heavy atom. The second-order valence-electron chi connectivity index (χ2n) is 5.46. The summed E-state index contributed by atoms with van der Waals surface area (Å²) in [5.74, 6) is 0.0334. The summed E-state index contributed by atoms with van der Waals surface area (Å²) in [6.45, 7) is 1.88. The Labute approximate surface area is 119 Å². The Morgan fingerprint density at radius 1 is 1.35 bits per heavy atom. The van der Waals surface area contributed by atoms with Crippen LogP contribution in [0.3, 0.4) is 0 Å². The number of nitrogens with one attached hydrogen (secondary N) is 1. The minimum absolute atomic E-state index is 0.0911. The average Bonchev–Trinajstić information content (AvgIpc) is 2.48. The number of carbonyl (C=O) groups excluding carboxylic acids is 1. The zero-order chi connectivity index (χ0) is 14.5. The van der Waals surface area contributed by atoms with Crippen molar-refractivity contribution in [2.75, 3.05) is 7.11 Å². The number of methoxy groups -OCH3 is 1. The monoisotopic (exact) mass is 279 g/mol. The predicted molar refractivity (Wildman–Crippen MR) is 76.1 cm³/mol. The Hall–Kier alpha value is -1.58. The number of amides is 1. The van der Waals surface area contributed by atoms with E-state index in [1.165, 1.54) is 19.6 Å². The second kappa shape index (κ2) is 6.73. The van der Waals surface area contributed by atoms with Gasteiger partial charge in [0.2, 0.25) is 5.91 Å².